The summed E-state index contributed by atoms with van der Waals surface area (Å²) in [7, 11) is 0. The second-order valence-electron chi connectivity index (χ2n) is 5.33. The maximum atomic E-state index is 11.8. The molecule has 2 rings (SSSR count). The predicted octanol–water partition coefficient (Wildman–Crippen LogP) is 3.24. The van der Waals surface area contributed by atoms with Crippen molar-refractivity contribution in [2.24, 2.45) is 0 Å². The van der Waals surface area contributed by atoms with E-state index in [1.165, 1.54) is 18.3 Å². The van der Waals surface area contributed by atoms with Gasteiger partial charge in [-0.3, -0.25) is 14.9 Å². The number of ether oxygens (including phenoxy) is 2. The fourth-order valence-corrected chi connectivity index (χ4v) is 1.99. The first-order valence-corrected chi connectivity index (χ1v) is 7.87. The molecule has 1 amide bonds. The van der Waals surface area contributed by atoms with Crippen LogP contribution >= 0.6 is 0 Å². The molecule has 1 aromatic carbocycles. The van der Waals surface area contributed by atoms with Crippen molar-refractivity contribution < 1.29 is 19.2 Å². The zero-order chi connectivity index (χ0) is 19.6. The summed E-state index contributed by atoms with van der Waals surface area (Å²) in [6, 6.07) is 7.74. The number of terminal acetylenes is 1. The van der Waals surface area contributed by atoms with Crippen molar-refractivity contribution in [3.63, 3.8) is 0 Å². The van der Waals surface area contributed by atoms with Gasteiger partial charge in [0.15, 0.2) is 0 Å². The van der Waals surface area contributed by atoms with Gasteiger partial charge in [0.1, 0.15) is 12.4 Å². The number of aromatic nitrogens is 1. The van der Waals surface area contributed by atoms with E-state index in [4.69, 9.17) is 15.9 Å². The lowest BCUT2D eigenvalue weighted by Gasteiger charge is -2.07. The van der Waals surface area contributed by atoms with Gasteiger partial charge in [-0.2, -0.15) is 0 Å². The third-order valence-electron chi connectivity index (χ3n) is 3.17. The molecule has 0 saturated heterocycles. The largest absolute Gasteiger partial charge is 0.434 e. The molecular formula is C19H17N3O5. The molecule has 0 fully saturated rings. The summed E-state index contributed by atoms with van der Waals surface area (Å²) in [4.78, 5) is 26.3. The van der Waals surface area contributed by atoms with Gasteiger partial charge >= 0.3 is 5.69 Å². The summed E-state index contributed by atoms with van der Waals surface area (Å²) in [6.07, 6.45) is 9.40. The molecule has 0 aliphatic heterocycles. The smallest absolute Gasteiger partial charge is 0.331 e. The van der Waals surface area contributed by atoms with E-state index in [0.717, 1.165) is 0 Å². The lowest BCUT2D eigenvalue weighted by molar-refractivity contribution is -0.386. The molecule has 1 heterocycles. The van der Waals surface area contributed by atoms with Crippen LogP contribution < -0.4 is 10.1 Å². The highest BCUT2D eigenvalue weighted by molar-refractivity contribution is 5.99. The van der Waals surface area contributed by atoms with Crippen LogP contribution in [0, 0.1) is 29.4 Å². The molecule has 0 atom stereocenters. The van der Waals surface area contributed by atoms with E-state index in [0.29, 0.717) is 17.0 Å². The molecule has 0 aliphatic carbocycles. The lowest BCUT2D eigenvalue weighted by atomic mass is 10.3. The second kappa shape index (κ2) is 9.70. The van der Waals surface area contributed by atoms with Crippen LogP contribution in [0.2, 0.25) is 0 Å². The van der Waals surface area contributed by atoms with Gasteiger partial charge in [-0.25, -0.2) is 4.98 Å². The minimum absolute atomic E-state index is 0.0997. The van der Waals surface area contributed by atoms with E-state index < -0.39 is 4.92 Å². The van der Waals surface area contributed by atoms with E-state index in [9.17, 15) is 14.9 Å². The van der Waals surface area contributed by atoms with E-state index in [-0.39, 0.29) is 30.7 Å². The van der Waals surface area contributed by atoms with Crippen LogP contribution in [0.15, 0.2) is 48.7 Å². The Kier molecular flexibility index (Phi) is 7.05. The number of carbonyl (C=O) groups is 1. The van der Waals surface area contributed by atoms with Crippen LogP contribution in [0.3, 0.4) is 0 Å². The van der Waals surface area contributed by atoms with Gasteiger partial charge in [-0.15, -0.1) is 6.42 Å². The first kappa shape index (κ1) is 19.6. The molecular weight excluding hydrogens is 350 g/mol. The first-order chi connectivity index (χ1) is 13.0. The summed E-state index contributed by atoms with van der Waals surface area (Å²) in [5, 5.41) is 13.8. The molecule has 0 radical (unpaired) electrons. The second-order valence-corrected chi connectivity index (χ2v) is 5.33. The molecule has 0 saturated carbocycles. The van der Waals surface area contributed by atoms with E-state index >= 15 is 0 Å². The van der Waals surface area contributed by atoms with Crippen LogP contribution in [-0.2, 0) is 9.53 Å². The summed E-state index contributed by atoms with van der Waals surface area (Å²) in [5.74, 6) is 2.24. The summed E-state index contributed by atoms with van der Waals surface area (Å²) in [6.45, 7) is 2.13. The van der Waals surface area contributed by atoms with Gasteiger partial charge in [0, 0.05) is 24.0 Å². The van der Waals surface area contributed by atoms with E-state index in [1.807, 2.05) is 0 Å². The highest BCUT2D eigenvalue weighted by atomic mass is 16.6. The Morgan fingerprint density at radius 2 is 2.15 bits per heavy atom. The summed E-state index contributed by atoms with van der Waals surface area (Å²) in [5.41, 5.74) is 0.974. The molecule has 0 unspecified atom stereocenters. The van der Waals surface area contributed by atoms with E-state index in [1.54, 1.807) is 37.3 Å². The number of hydrogen-bond acceptors (Lipinski definition) is 6. The Morgan fingerprint density at radius 3 is 2.81 bits per heavy atom. The number of rotatable bonds is 8. The van der Waals surface area contributed by atoms with Crippen LogP contribution in [0.5, 0.6) is 11.6 Å². The Morgan fingerprint density at radius 1 is 1.41 bits per heavy atom. The molecule has 1 N–H and O–H groups in total. The van der Waals surface area contributed by atoms with Crippen LogP contribution in [-0.4, -0.2) is 29.0 Å². The highest BCUT2D eigenvalue weighted by Crippen LogP contribution is 2.30. The van der Waals surface area contributed by atoms with Gasteiger partial charge in [-0.05, 0) is 36.8 Å². The number of anilines is 1. The van der Waals surface area contributed by atoms with Crippen LogP contribution in [0.1, 0.15) is 5.56 Å². The van der Waals surface area contributed by atoms with Gasteiger partial charge in [-0.1, -0.05) is 12.0 Å². The van der Waals surface area contributed by atoms with Crippen molar-refractivity contribution in [2.45, 2.75) is 6.92 Å². The van der Waals surface area contributed by atoms with Crippen molar-refractivity contribution in [2.75, 3.05) is 18.5 Å². The fraction of sp³-hybridized carbons (Fsp3) is 0.158. The quantitative estimate of drug-likeness (QED) is 0.253. The Labute approximate surface area is 156 Å². The van der Waals surface area contributed by atoms with Gasteiger partial charge in [0.05, 0.1) is 11.5 Å². The standard InChI is InChI=1S/C19H17N3O5/c1-3-10-26-11-4-5-18(23)21-15-6-8-16(9-7-15)27-19-17(22(24)25)12-14(2)13-20-19/h1,4-9,12-13H,10-11H2,2H3,(H,21,23)/b5-4+. The molecule has 138 valence electrons. The lowest BCUT2D eigenvalue weighted by Crippen LogP contribution is -2.08. The predicted molar refractivity (Wildman–Crippen MR) is 99.6 cm³/mol. The van der Waals surface area contributed by atoms with Crippen molar-refractivity contribution in [3.05, 3.63) is 64.4 Å². The monoisotopic (exact) mass is 367 g/mol. The molecule has 2 aromatic rings. The number of nitrogens with zero attached hydrogens (tertiary/aromatic N) is 2. The van der Waals surface area contributed by atoms with Crippen LogP contribution in [0.25, 0.3) is 0 Å². The third kappa shape index (κ3) is 6.26. The molecule has 8 nitrogen and oxygen atoms in total. The zero-order valence-electron chi connectivity index (χ0n) is 14.5. The zero-order valence-corrected chi connectivity index (χ0v) is 14.5. The molecule has 0 bridgehead atoms. The highest BCUT2D eigenvalue weighted by Gasteiger charge is 2.17. The average molecular weight is 367 g/mol. The Hall–Kier alpha value is -3.70. The average Bonchev–Trinajstić information content (AvgIpc) is 2.64. The van der Waals surface area contributed by atoms with Gasteiger partial charge < -0.3 is 14.8 Å². The van der Waals surface area contributed by atoms with Gasteiger partial charge in [0.2, 0.25) is 5.91 Å². The number of hydrogen-bond donors (Lipinski definition) is 1. The molecule has 27 heavy (non-hydrogen) atoms. The van der Waals surface area contributed by atoms with Crippen molar-refractivity contribution in [1.29, 1.82) is 0 Å². The number of carbonyl (C=O) groups excluding carboxylic acids is 1. The maximum Gasteiger partial charge on any atom is 0.331 e. The summed E-state index contributed by atoms with van der Waals surface area (Å²) >= 11 is 0. The number of pyridine rings is 1. The minimum Gasteiger partial charge on any atom is -0.434 e. The number of nitro groups is 1. The molecule has 8 heteroatoms. The number of aryl methyl sites for hydroxylation is 1. The van der Waals surface area contributed by atoms with E-state index in [2.05, 4.69) is 16.2 Å². The Bertz CT molecular complexity index is 885. The summed E-state index contributed by atoms with van der Waals surface area (Å²) < 4.78 is 10.5. The van der Waals surface area contributed by atoms with Gasteiger partial charge in [0.25, 0.3) is 5.88 Å². The first-order valence-electron chi connectivity index (χ1n) is 7.87. The molecule has 0 spiro atoms. The van der Waals surface area contributed by atoms with Crippen LogP contribution in [0.4, 0.5) is 11.4 Å². The number of benzene rings is 1. The molecule has 0 aliphatic rings. The van der Waals surface area contributed by atoms with Crippen molar-refractivity contribution in [3.8, 4) is 24.0 Å². The fourth-order valence-electron chi connectivity index (χ4n) is 1.99. The minimum atomic E-state index is -0.552. The normalized spacial score (nSPS) is 10.4. The Balaban J connectivity index is 1.97. The number of nitrogens with one attached hydrogen (secondary N) is 1. The topological polar surface area (TPSA) is 104 Å². The third-order valence-corrected chi connectivity index (χ3v) is 3.17. The number of amides is 1. The van der Waals surface area contributed by atoms with Crippen molar-refractivity contribution in [1.82, 2.24) is 4.98 Å². The molecule has 1 aromatic heterocycles. The maximum absolute atomic E-state index is 11.8. The van der Waals surface area contributed by atoms with Crippen molar-refractivity contribution >= 4 is 17.3 Å². The SMILES string of the molecule is C#CCOC/C=C/C(=O)Nc1ccc(Oc2ncc(C)cc2[N+](=O)[O-])cc1.